The fraction of sp³-hybridized carbons (Fsp3) is 0.641. The summed E-state index contributed by atoms with van der Waals surface area (Å²) >= 11 is 0. The van der Waals surface area contributed by atoms with Crippen LogP contribution in [0.25, 0.3) is 0 Å². The number of ether oxygens (including phenoxy) is 3. The Labute approximate surface area is 628 Å². The number of anilines is 1. The third kappa shape index (κ3) is 25.3. The molecule has 0 aromatic heterocycles. The highest BCUT2D eigenvalue weighted by atomic mass is 19.4. The van der Waals surface area contributed by atoms with Crippen molar-refractivity contribution in [2.45, 2.75) is 207 Å². The average Bonchev–Trinajstić information content (AvgIpc) is 1.49. The number of Topliss-reactive ketones (excluding diaryl/α,β-unsaturated/α-hetero) is 3. The predicted octanol–water partition coefficient (Wildman–Crippen LogP) is 10.7. The van der Waals surface area contributed by atoms with E-state index in [4.69, 9.17) is 15.2 Å². The third-order valence-corrected chi connectivity index (χ3v) is 21.1. The molecule has 2 heterocycles. The summed E-state index contributed by atoms with van der Waals surface area (Å²) in [4.78, 5) is 144. The van der Waals surface area contributed by atoms with Crippen molar-refractivity contribution in [1.82, 2.24) is 35.6 Å². The van der Waals surface area contributed by atoms with Crippen LogP contribution in [0.4, 0.5) is 45.6 Å². The third-order valence-electron chi connectivity index (χ3n) is 21.1. The van der Waals surface area contributed by atoms with Crippen molar-refractivity contribution < 1.29 is 97.3 Å². The minimum atomic E-state index is -4.98. The number of likely N-dealkylation sites (tertiary alicyclic amines) is 2. The summed E-state index contributed by atoms with van der Waals surface area (Å²) in [6, 6.07) is 9.99. The van der Waals surface area contributed by atoms with Crippen molar-refractivity contribution in [2.24, 2.45) is 59.0 Å². The molecule has 5 rings (SSSR count). The lowest BCUT2D eigenvalue weighted by Crippen LogP contribution is -2.54. The Morgan fingerprint density at radius 1 is 0.676 bits per heavy atom. The van der Waals surface area contributed by atoms with Gasteiger partial charge in [-0.15, -0.1) is 0 Å². The number of rotatable bonds is 42. The molecule has 6 N–H and O–H groups in total. The summed E-state index contributed by atoms with van der Waals surface area (Å²) in [6.07, 6.45) is -6.64. The molecular formula is C78H111F8N9O13. The number of ketones is 3. The minimum Gasteiger partial charge on any atom is -0.420 e. The second-order valence-corrected chi connectivity index (χ2v) is 30.1. The molecule has 2 aliphatic heterocycles. The number of halogens is 8. The minimum absolute atomic E-state index is 0.0123. The highest BCUT2D eigenvalue weighted by Crippen LogP contribution is 2.38. The molecule has 0 saturated carbocycles. The van der Waals surface area contributed by atoms with E-state index < -0.39 is 168 Å². The topological polar surface area (TPSA) is 285 Å². The Bertz CT molecular complexity index is 3500. The lowest BCUT2D eigenvalue weighted by Gasteiger charge is -2.41. The van der Waals surface area contributed by atoms with Gasteiger partial charge in [-0.05, 0) is 125 Å². The molecule has 0 spiro atoms. The number of esters is 1. The summed E-state index contributed by atoms with van der Waals surface area (Å²) in [5, 5.41) is 10.9. The van der Waals surface area contributed by atoms with Crippen LogP contribution in [0.15, 0.2) is 54.6 Å². The molecule has 13 atom stereocenters. The molecule has 22 nitrogen and oxygen atoms in total. The number of piperidine rings is 1. The molecule has 2 unspecified atom stereocenters. The molecule has 0 radical (unpaired) electrons. The van der Waals surface area contributed by atoms with Gasteiger partial charge < -0.3 is 51.0 Å². The van der Waals surface area contributed by atoms with Crippen molar-refractivity contribution in [3.8, 4) is 5.75 Å². The van der Waals surface area contributed by atoms with Crippen LogP contribution in [0.1, 0.15) is 157 Å². The van der Waals surface area contributed by atoms with Crippen LogP contribution in [0, 0.1) is 82.3 Å². The van der Waals surface area contributed by atoms with E-state index in [0.717, 1.165) is 10.5 Å². The van der Waals surface area contributed by atoms with Gasteiger partial charge in [-0.3, -0.25) is 53.0 Å². The lowest BCUT2D eigenvalue weighted by atomic mass is 9.83. The summed E-state index contributed by atoms with van der Waals surface area (Å²) in [7, 11) is 8.47. The molecular weight excluding hydrogens is 1420 g/mol. The molecule has 2 fully saturated rings. The number of hydrogen-bond donors (Lipinski definition) is 5. The number of nitrogens with zero attached hydrogens (tertiary/aromatic N) is 4. The van der Waals surface area contributed by atoms with Crippen molar-refractivity contribution in [3.63, 3.8) is 0 Å². The van der Waals surface area contributed by atoms with Gasteiger partial charge in [0.2, 0.25) is 64.4 Å². The summed E-state index contributed by atoms with van der Waals surface area (Å²) < 4.78 is 130. The highest BCUT2D eigenvalue weighted by Gasteiger charge is 2.49. The van der Waals surface area contributed by atoms with E-state index in [-0.39, 0.29) is 125 Å². The first-order chi connectivity index (χ1) is 50.8. The number of carbonyl (C=O) groups is 10. The molecule has 3 aromatic rings. The fourth-order valence-electron chi connectivity index (χ4n) is 14.9. The van der Waals surface area contributed by atoms with Gasteiger partial charge in [-0.25, -0.2) is 18.0 Å². The quantitative estimate of drug-likeness (QED) is 0.00880. The number of carbonyl (C=O) groups excluding carboxylic acids is 10. The zero-order valence-electron chi connectivity index (χ0n) is 64.6. The second-order valence-electron chi connectivity index (χ2n) is 30.1. The number of amides is 7. The Morgan fingerprint density at radius 2 is 1.30 bits per heavy atom. The molecule has 2 saturated heterocycles. The van der Waals surface area contributed by atoms with Gasteiger partial charge in [0.05, 0.1) is 48.7 Å². The largest absolute Gasteiger partial charge is 0.420 e. The van der Waals surface area contributed by atoms with Crippen molar-refractivity contribution in [3.05, 3.63) is 94.8 Å². The van der Waals surface area contributed by atoms with Crippen LogP contribution in [-0.4, -0.2) is 189 Å². The maximum absolute atomic E-state index is 14.7. The first-order valence-corrected chi connectivity index (χ1v) is 37.2. The molecule has 602 valence electrons. The standard InChI is InChI=1S/C78H111F8N9O13/c1-15-46(8)70(93(12)75(103)54(43(2)3)40-58(98)69(45(6)7)92(10)11)59(106-13)41-62(100)95-34-20-25-55(95)71(107-14)47(9)56(96)38-52(36-48-22-17-16-18-23-48)73(101)89-42-49-27-29-53(30-28-49)90-74(102)50(24-19-32-88-77(87)105)37-57(97)68(44(4)5)91-61(99)26-21-33-94-35-31-51(39-60(94)78(84,85)86)76(104)108-72-66(82)64(80)63(79)65(81)67(72)83/h16-18,22-23,27-30,43-47,50-52,54-55,59-60,68-71H,15,19-21,24-26,31-42H2,1-14H3,(H,89,101)(H,90,102)(H,91,99)(H3,87,88,105)/t46-,47-,50+,51?,52+,54-,55-,59+,60?,68-,69-,70-,71+/m0/s1. The zero-order valence-corrected chi connectivity index (χ0v) is 64.6. The van der Waals surface area contributed by atoms with Gasteiger partial charge in [-0.1, -0.05) is 111 Å². The van der Waals surface area contributed by atoms with E-state index in [9.17, 15) is 83.1 Å². The van der Waals surface area contributed by atoms with Crippen molar-refractivity contribution in [2.75, 3.05) is 66.9 Å². The van der Waals surface area contributed by atoms with Crippen LogP contribution in [0.3, 0.4) is 0 Å². The molecule has 2 aliphatic rings. The molecule has 108 heavy (non-hydrogen) atoms. The number of nitrogens with one attached hydrogen (secondary N) is 4. The Morgan fingerprint density at radius 3 is 1.85 bits per heavy atom. The number of methoxy groups -OCH3 is 2. The number of benzene rings is 3. The summed E-state index contributed by atoms with van der Waals surface area (Å²) in [6.45, 7) is 16.5. The lowest BCUT2D eigenvalue weighted by molar-refractivity contribution is -0.197. The van der Waals surface area contributed by atoms with Crippen molar-refractivity contribution in [1.29, 1.82) is 0 Å². The normalized spacial score (nSPS) is 18.5. The SMILES string of the molecule is CC[C@H](C)[C@@H]([C@@H](CC(=O)N1CCC[C@H]1[C@H](OC)[C@@H](C)C(=O)C[C@@H](Cc1ccccc1)C(=O)NCc1ccc(NC(=O)[C@H](CCCNC(N)=O)CC(=O)[C@@H](NC(=O)CCCN2CCC(C(=O)Oc3c(F)c(F)c(F)c(F)c3F)CC2C(F)(F)F)C(C)C)cc1)OC)N(C)C(=O)[C@@H](CC(=O)[C@H](C(C)C)N(C)C)C(C)C. The highest BCUT2D eigenvalue weighted by molar-refractivity contribution is 5.97. The second kappa shape index (κ2) is 42.3. The smallest absolute Gasteiger partial charge is 0.404 e. The molecule has 0 aliphatic carbocycles. The van der Waals surface area contributed by atoms with E-state index in [1.165, 1.54) is 14.2 Å². The molecule has 0 bridgehead atoms. The van der Waals surface area contributed by atoms with Gasteiger partial charge in [0.15, 0.2) is 11.6 Å². The molecule has 30 heteroatoms. The molecule has 3 aromatic carbocycles. The number of likely N-dealkylation sites (N-methyl/N-ethyl adjacent to an activating group) is 2. The van der Waals surface area contributed by atoms with Crippen LogP contribution in [-0.2, 0) is 65.6 Å². The van der Waals surface area contributed by atoms with Gasteiger partial charge in [-0.2, -0.15) is 22.0 Å². The maximum Gasteiger partial charge on any atom is 0.404 e. The Balaban J connectivity index is 1.21. The van der Waals surface area contributed by atoms with Crippen LogP contribution in [0.2, 0.25) is 0 Å². The summed E-state index contributed by atoms with van der Waals surface area (Å²) in [5.41, 5.74) is 7.00. The van der Waals surface area contributed by atoms with Crippen LogP contribution < -0.4 is 31.7 Å². The van der Waals surface area contributed by atoms with E-state index in [2.05, 4.69) is 26.0 Å². The molecule has 7 amide bonds. The van der Waals surface area contributed by atoms with Crippen molar-refractivity contribution >= 4 is 64.6 Å². The van der Waals surface area contributed by atoms with E-state index in [1.807, 2.05) is 90.9 Å². The monoisotopic (exact) mass is 1530 g/mol. The number of hydrogen-bond acceptors (Lipinski definition) is 15. The van der Waals surface area contributed by atoms with E-state index >= 15 is 0 Å². The van der Waals surface area contributed by atoms with Crippen LogP contribution in [0.5, 0.6) is 5.75 Å². The predicted molar refractivity (Wildman–Crippen MR) is 389 cm³/mol. The number of nitrogens with two attached hydrogens (primary N) is 1. The van der Waals surface area contributed by atoms with Gasteiger partial charge in [0, 0.05) is 95.9 Å². The Kier molecular flexibility index (Phi) is 35.5. The van der Waals surface area contributed by atoms with Gasteiger partial charge >= 0.3 is 18.2 Å². The van der Waals surface area contributed by atoms with Gasteiger partial charge in [0.1, 0.15) is 11.8 Å². The fourth-order valence-corrected chi connectivity index (χ4v) is 14.9. The maximum atomic E-state index is 14.7. The number of urea groups is 1. The van der Waals surface area contributed by atoms with Crippen LogP contribution >= 0.6 is 0 Å². The van der Waals surface area contributed by atoms with Gasteiger partial charge in [0.25, 0.3) is 0 Å². The van der Waals surface area contributed by atoms with E-state index in [0.29, 0.717) is 37.1 Å². The summed E-state index contributed by atoms with van der Waals surface area (Å²) in [5.74, 6) is -24.6. The average molecular weight is 1530 g/mol. The van der Waals surface area contributed by atoms with E-state index in [1.54, 1.807) is 61.9 Å². The number of alkyl halides is 3. The Hall–Kier alpha value is -7.96. The number of primary amides is 1. The first kappa shape index (κ1) is 90.7. The zero-order chi connectivity index (χ0) is 80.8. The first-order valence-electron chi connectivity index (χ1n) is 37.2.